The molecule has 0 radical (unpaired) electrons. The first kappa shape index (κ1) is 25.2. The summed E-state index contributed by atoms with van der Waals surface area (Å²) in [6.07, 6.45) is 2.94. The van der Waals surface area contributed by atoms with E-state index in [0.717, 1.165) is 28.3 Å². The smallest absolute Gasteiger partial charge is 0.410 e. The summed E-state index contributed by atoms with van der Waals surface area (Å²) in [5.74, 6) is 1.01. The van der Waals surface area contributed by atoms with Crippen LogP contribution in [0.15, 0.2) is 73.1 Å². The Bertz CT molecular complexity index is 1290. The molecule has 0 fully saturated rings. The summed E-state index contributed by atoms with van der Waals surface area (Å²) in [7, 11) is -1.17. The topological polar surface area (TPSA) is 104 Å². The van der Waals surface area contributed by atoms with Gasteiger partial charge in [-0.25, -0.2) is 4.79 Å². The number of nitrogens with zero attached hydrogens (tertiary/aromatic N) is 5. The maximum Gasteiger partial charge on any atom is 0.412 e. The molecule has 9 nitrogen and oxygen atoms in total. The first-order valence-electron chi connectivity index (χ1n) is 11.8. The second-order valence-electron chi connectivity index (χ2n) is 9.57. The molecule has 36 heavy (non-hydrogen) atoms. The van der Waals surface area contributed by atoms with E-state index in [-0.39, 0.29) is 6.73 Å². The monoisotopic (exact) mass is 502 g/mol. The molecule has 2 aromatic carbocycles. The van der Waals surface area contributed by atoms with Gasteiger partial charge in [0.15, 0.2) is 5.82 Å². The first-order chi connectivity index (χ1) is 17.4. The predicted molar refractivity (Wildman–Crippen MR) is 140 cm³/mol. The molecule has 0 aliphatic carbocycles. The van der Waals surface area contributed by atoms with Gasteiger partial charge in [0.05, 0.1) is 0 Å². The van der Waals surface area contributed by atoms with Crippen molar-refractivity contribution in [1.29, 1.82) is 0 Å². The molecule has 1 N–H and O–H groups in total. The van der Waals surface area contributed by atoms with Gasteiger partial charge in [0, 0.05) is 44.7 Å². The van der Waals surface area contributed by atoms with Crippen molar-refractivity contribution in [2.75, 3.05) is 6.61 Å². The third kappa shape index (κ3) is 7.30. The molecule has 0 aliphatic rings. The summed E-state index contributed by atoms with van der Waals surface area (Å²) in [5, 5.41) is 14.8. The molecule has 2 heterocycles. The lowest BCUT2D eigenvalue weighted by atomic mass is 10.1. The van der Waals surface area contributed by atoms with Gasteiger partial charge in [0.2, 0.25) is 0 Å². The van der Waals surface area contributed by atoms with E-state index in [9.17, 15) is 4.79 Å². The maximum absolute atomic E-state index is 12.3. The number of aromatic nitrogens is 5. The van der Waals surface area contributed by atoms with Crippen LogP contribution in [-0.2, 0) is 18.0 Å². The van der Waals surface area contributed by atoms with Crippen molar-refractivity contribution in [2.45, 2.75) is 39.0 Å². The van der Waals surface area contributed by atoms with Crippen molar-refractivity contribution >= 4 is 14.2 Å². The number of carbonyl (C=O) groups excluding carboxylic acids is 1. The van der Waals surface area contributed by atoms with Gasteiger partial charge in [-0.05, 0) is 45.8 Å². The molecule has 0 aliphatic heterocycles. The Morgan fingerprint density at radius 1 is 0.972 bits per heavy atom. The molecule has 0 atom stereocenters. The summed E-state index contributed by atoms with van der Waals surface area (Å²) in [5.41, 5.74) is 3.45. The summed E-state index contributed by atoms with van der Waals surface area (Å²) in [6.45, 7) is 8.28. The van der Waals surface area contributed by atoms with Gasteiger partial charge < -0.3 is 14.8 Å². The Hall–Kier alpha value is -3.89. The molecular weight excluding hydrogens is 472 g/mol. The average Bonchev–Trinajstić information content (AvgIpc) is 3.34. The van der Waals surface area contributed by atoms with Crippen molar-refractivity contribution in [3.05, 3.63) is 78.6 Å². The lowest BCUT2D eigenvalue weighted by Crippen LogP contribution is -2.26. The van der Waals surface area contributed by atoms with Gasteiger partial charge in [0.25, 0.3) is 0 Å². The molecule has 2 aromatic heterocycles. The zero-order chi connectivity index (χ0) is 25.4. The molecule has 4 aromatic rings. The fraction of sp³-hybridized carbons (Fsp3) is 0.269. The number of hydrogen-bond donors (Lipinski definition) is 1. The lowest BCUT2D eigenvalue weighted by molar-refractivity contribution is 0.0784. The number of carbonyl (C=O) groups is 1. The van der Waals surface area contributed by atoms with E-state index in [1.165, 1.54) is 0 Å². The van der Waals surface area contributed by atoms with Crippen molar-refractivity contribution in [2.24, 2.45) is 0 Å². The zero-order valence-corrected chi connectivity index (χ0v) is 21.7. The Labute approximate surface area is 211 Å². The van der Waals surface area contributed by atoms with Crippen LogP contribution in [0.5, 0.6) is 5.75 Å². The van der Waals surface area contributed by atoms with Crippen LogP contribution in [0.1, 0.15) is 5.56 Å². The van der Waals surface area contributed by atoms with Gasteiger partial charge in [0.1, 0.15) is 12.5 Å². The number of hydrogen-bond acceptors (Lipinski definition) is 7. The van der Waals surface area contributed by atoms with E-state index in [4.69, 9.17) is 9.47 Å². The second-order valence-corrected chi connectivity index (χ2v) is 15.2. The number of nitrogens with one attached hydrogen (secondary N) is 1. The number of rotatable bonds is 10. The number of amides is 1. The third-order valence-electron chi connectivity index (χ3n) is 5.40. The molecule has 0 bridgehead atoms. The van der Waals surface area contributed by atoms with E-state index < -0.39 is 14.2 Å². The quantitative estimate of drug-likeness (QED) is 0.240. The molecule has 0 unspecified atom stereocenters. The second kappa shape index (κ2) is 11.7. The molecule has 1 amide bonds. The van der Waals surface area contributed by atoms with E-state index >= 15 is 0 Å². The van der Waals surface area contributed by atoms with E-state index in [0.29, 0.717) is 24.7 Å². The fourth-order valence-electron chi connectivity index (χ4n) is 3.40. The first-order valence-corrected chi connectivity index (χ1v) is 15.5. The molecule has 186 valence electrons. The number of benzene rings is 2. The predicted octanol–water partition coefficient (Wildman–Crippen LogP) is 5.00. The van der Waals surface area contributed by atoms with Crippen molar-refractivity contribution in [3.63, 3.8) is 0 Å². The minimum atomic E-state index is -1.17. The third-order valence-corrected chi connectivity index (χ3v) is 7.10. The van der Waals surface area contributed by atoms with Gasteiger partial charge in [-0.15, -0.1) is 5.10 Å². The molecule has 10 heteroatoms. The number of pyridine rings is 1. The highest BCUT2D eigenvalue weighted by atomic mass is 28.3. The van der Waals surface area contributed by atoms with Crippen LogP contribution >= 0.6 is 0 Å². The van der Waals surface area contributed by atoms with Crippen LogP contribution in [0, 0.1) is 0 Å². The summed E-state index contributed by atoms with van der Waals surface area (Å²) in [4.78, 5) is 16.6. The normalized spacial score (nSPS) is 11.3. The SMILES string of the molecule is C[Si](C)(C)CCOCn1nnnc1-c1cncc(-c2cccc(OC(=O)NCc3ccccc3)c2)c1. The van der Waals surface area contributed by atoms with E-state index in [1.807, 2.05) is 48.5 Å². The average molecular weight is 503 g/mol. The summed E-state index contributed by atoms with van der Waals surface area (Å²) < 4.78 is 12.9. The highest BCUT2D eigenvalue weighted by Crippen LogP contribution is 2.27. The summed E-state index contributed by atoms with van der Waals surface area (Å²) >= 11 is 0. The van der Waals surface area contributed by atoms with E-state index in [1.54, 1.807) is 29.2 Å². The Morgan fingerprint density at radius 3 is 2.58 bits per heavy atom. The Balaban J connectivity index is 1.41. The Kier molecular flexibility index (Phi) is 8.19. The lowest BCUT2D eigenvalue weighted by Gasteiger charge is -2.15. The maximum atomic E-state index is 12.3. The Morgan fingerprint density at radius 2 is 1.78 bits per heavy atom. The van der Waals surface area contributed by atoms with E-state index in [2.05, 4.69) is 45.5 Å². The minimum absolute atomic E-state index is 0.276. The van der Waals surface area contributed by atoms with Gasteiger partial charge >= 0.3 is 6.09 Å². The van der Waals surface area contributed by atoms with Crippen molar-refractivity contribution in [3.8, 4) is 28.3 Å². The fourth-order valence-corrected chi connectivity index (χ4v) is 4.16. The van der Waals surface area contributed by atoms with Gasteiger partial charge in [-0.1, -0.05) is 62.1 Å². The molecule has 4 rings (SSSR count). The van der Waals surface area contributed by atoms with Crippen LogP contribution in [0.4, 0.5) is 4.79 Å². The van der Waals surface area contributed by atoms with Crippen LogP contribution in [0.2, 0.25) is 25.7 Å². The zero-order valence-electron chi connectivity index (χ0n) is 20.7. The molecule has 0 saturated carbocycles. The summed E-state index contributed by atoms with van der Waals surface area (Å²) in [6, 6.07) is 20.0. The standard InChI is InChI=1S/C26H30N6O3Si/c1-36(2,3)13-12-34-19-32-25(29-30-31-32)23-14-22(17-27-18-23)21-10-7-11-24(15-21)35-26(33)28-16-20-8-5-4-6-9-20/h4-11,14-15,17-18H,12-13,16,19H2,1-3H3,(H,28,33). The van der Waals surface area contributed by atoms with Crippen LogP contribution < -0.4 is 10.1 Å². The van der Waals surface area contributed by atoms with Gasteiger partial charge in [-0.2, -0.15) is 4.68 Å². The minimum Gasteiger partial charge on any atom is -0.410 e. The van der Waals surface area contributed by atoms with Crippen LogP contribution in [0.3, 0.4) is 0 Å². The number of tetrazole rings is 1. The molecule has 0 saturated heterocycles. The number of ether oxygens (including phenoxy) is 2. The molecular formula is C26H30N6O3Si. The highest BCUT2D eigenvalue weighted by molar-refractivity contribution is 6.76. The largest absolute Gasteiger partial charge is 0.412 e. The van der Waals surface area contributed by atoms with Gasteiger partial charge in [-0.3, -0.25) is 4.98 Å². The van der Waals surface area contributed by atoms with Crippen molar-refractivity contribution < 1.29 is 14.3 Å². The highest BCUT2D eigenvalue weighted by Gasteiger charge is 2.14. The molecule has 0 spiro atoms. The van der Waals surface area contributed by atoms with Crippen LogP contribution in [0.25, 0.3) is 22.5 Å². The van der Waals surface area contributed by atoms with Crippen molar-refractivity contribution in [1.82, 2.24) is 30.5 Å². The van der Waals surface area contributed by atoms with Crippen LogP contribution in [-0.4, -0.2) is 46.0 Å².